The Labute approximate surface area is 118 Å². The minimum absolute atomic E-state index is 0.0247. The van der Waals surface area contributed by atoms with Crippen molar-refractivity contribution in [2.24, 2.45) is 17.8 Å². The summed E-state index contributed by atoms with van der Waals surface area (Å²) in [5.74, 6) is -1.72. The number of ketones is 2. The zero-order valence-electron chi connectivity index (χ0n) is 11.9. The fraction of sp³-hybridized carbons (Fsp3) is 0.412. The first-order valence-electron chi connectivity index (χ1n) is 6.97. The first-order valence-corrected chi connectivity index (χ1v) is 6.97. The number of carbonyl (C=O) groups is 2. The first-order chi connectivity index (χ1) is 9.43. The molecule has 1 saturated carbocycles. The van der Waals surface area contributed by atoms with Gasteiger partial charge in [-0.2, -0.15) is 0 Å². The minimum Gasteiger partial charge on any atom is -0.504 e. The van der Waals surface area contributed by atoms with Gasteiger partial charge in [-0.3, -0.25) is 9.59 Å². The van der Waals surface area contributed by atoms with E-state index in [2.05, 4.69) is 0 Å². The van der Waals surface area contributed by atoms with Gasteiger partial charge in [-0.15, -0.1) is 0 Å². The molecule has 2 aliphatic rings. The molecule has 2 bridgehead atoms. The molecule has 0 aliphatic heterocycles. The number of aliphatic hydroxyl groups excluding tert-OH is 1. The molecule has 0 unspecified atom stereocenters. The summed E-state index contributed by atoms with van der Waals surface area (Å²) in [6, 6.07) is 7.98. The summed E-state index contributed by atoms with van der Waals surface area (Å²) >= 11 is 0. The Bertz CT molecular complexity index is 624. The van der Waals surface area contributed by atoms with E-state index in [9.17, 15) is 14.7 Å². The topological polar surface area (TPSA) is 54.4 Å². The Kier molecular flexibility index (Phi) is 2.82. The molecule has 0 aromatic heterocycles. The molecule has 1 aromatic rings. The molecule has 1 fully saturated rings. The van der Waals surface area contributed by atoms with Gasteiger partial charge in [0.15, 0.2) is 11.5 Å². The highest BCUT2D eigenvalue weighted by Crippen LogP contribution is 2.52. The van der Waals surface area contributed by atoms with Crippen LogP contribution in [0, 0.1) is 24.7 Å². The highest BCUT2D eigenvalue weighted by molar-refractivity contribution is 6.16. The number of aryl methyl sites for hydroxylation is 1. The number of rotatable bonds is 1. The Morgan fingerprint density at radius 1 is 1.00 bits per heavy atom. The summed E-state index contributed by atoms with van der Waals surface area (Å²) in [4.78, 5) is 24.7. The predicted molar refractivity (Wildman–Crippen MR) is 75.4 cm³/mol. The summed E-state index contributed by atoms with van der Waals surface area (Å²) in [6.45, 7) is 5.70. The van der Waals surface area contributed by atoms with E-state index in [1.54, 1.807) is 6.92 Å². The Morgan fingerprint density at radius 3 is 2.20 bits per heavy atom. The number of carbonyl (C=O) groups excluding carboxylic acids is 2. The smallest absolute Gasteiger partial charge is 0.208 e. The van der Waals surface area contributed by atoms with Crippen LogP contribution in [0.25, 0.3) is 0 Å². The van der Waals surface area contributed by atoms with Crippen molar-refractivity contribution < 1.29 is 14.7 Å². The molecule has 3 nitrogen and oxygen atoms in total. The average molecular weight is 270 g/mol. The van der Waals surface area contributed by atoms with Crippen molar-refractivity contribution in [3.8, 4) is 0 Å². The third-order valence-corrected chi connectivity index (χ3v) is 4.88. The van der Waals surface area contributed by atoms with E-state index in [1.165, 1.54) is 0 Å². The fourth-order valence-corrected chi connectivity index (χ4v) is 3.81. The van der Waals surface area contributed by atoms with Gasteiger partial charge in [0.25, 0.3) is 0 Å². The zero-order chi connectivity index (χ0) is 14.6. The van der Waals surface area contributed by atoms with E-state index < -0.39 is 11.7 Å². The fourth-order valence-electron chi connectivity index (χ4n) is 3.81. The maximum Gasteiger partial charge on any atom is 0.208 e. The molecule has 0 amide bonds. The Balaban J connectivity index is 2.10. The number of hydrogen-bond donors (Lipinski definition) is 1. The lowest BCUT2D eigenvalue weighted by Gasteiger charge is -2.20. The monoisotopic (exact) mass is 270 g/mol. The van der Waals surface area contributed by atoms with Crippen LogP contribution in [-0.2, 0) is 9.59 Å². The summed E-state index contributed by atoms with van der Waals surface area (Å²) in [5.41, 5.74) is 2.70. The van der Waals surface area contributed by atoms with Crippen molar-refractivity contribution in [3.63, 3.8) is 0 Å². The van der Waals surface area contributed by atoms with Gasteiger partial charge in [-0.1, -0.05) is 36.8 Å². The largest absolute Gasteiger partial charge is 0.504 e. The van der Waals surface area contributed by atoms with Gasteiger partial charge in [0, 0.05) is 11.8 Å². The van der Waals surface area contributed by atoms with Crippen molar-refractivity contribution in [1.82, 2.24) is 0 Å². The molecule has 1 aromatic carbocycles. The lowest BCUT2D eigenvalue weighted by molar-refractivity contribution is -0.133. The van der Waals surface area contributed by atoms with Gasteiger partial charge in [0.1, 0.15) is 0 Å². The van der Waals surface area contributed by atoms with E-state index in [0.29, 0.717) is 5.57 Å². The van der Waals surface area contributed by atoms with Gasteiger partial charge >= 0.3 is 0 Å². The second kappa shape index (κ2) is 4.30. The van der Waals surface area contributed by atoms with E-state index in [-0.39, 0.29) is 29.3 Å². The molecule has 1 N–H and O–H groups in total. The van der Waals surface area contributed by atoms with Crippen molar-refractivity contribution in [3.05, 3.63) is 46.7 Å². The van der Waals surface area contributed by atoms with Crippen molar-refractivity contribution >= 4 is 11.6 Å². The van der Waals surface area contributed by atoms with Crippen molar-refractivity contribution in [2.75, 3.05) is 0 Å². The van der Waals surface area contributed by atoms with E-state index in [1.807, 2.05) is 38.1 Å². The molecule has 20 heavy (non-hydrogen) atoms. The summed E-state index contributed by atoms with van der Waals surface area (Å²) < 4.78 is 0. The van der Waals surface area contributed by atoms with Crippen LogP contribution >= 0.6 is 0 Å². The van der Waals surface area contributed by atoms with Gasteiger partial charge in [-0.05, 0) is 30.9 Å². The van der Waals surface area contributed by atoms with Gasteiger partial charge in [-0.25, -0.2) is 0 Å². The number of fused-ring (bicyclic) bond motifs is 2. The lowest BCUT2D eigenvalue weighted by Crippen LogP contribution is -2.32. The van der Waals surface area contributed by atoms with Crippen molar-refractivity contribution in [1.29, 1.82) is 0 Å². The van der Waals surface area contributed by atoms with Crippen LogP contribution in [0.3, 0.4) is 0 Å². The van der Waals surface area contributed by atoms with Crippen LogP contribution in [0.5, 0.6) is 0 Å². The Hall–Kier alpha value is -1.90. The molecular formula is C17H18O3. The highest BCUT2D eigenvalue weighted by atomic mass is 16.3. The maximum absolute atomic E-state index is 12.4. The number of benzene rings is 1. The van der Waals surface area contributed by atoms with Crippen LogP contribution < -0.4 is 0 Å². The standard InChI is InChI=1S/C17H18O3/c1-8-4-6-11(7-5-8)13-9(2)12-10(3)15(18)17(20)14(13)16(12)19/h4-7,9,12-14,18H,1-3H3/t9-,12+,13-,14+/m0/s1. The van der Waals surface area contributed by atoms with E-state index >= 15 is 0 Å². The third kappa shape index (κ3) is 1.59. The van der Waals surface area contributed by atoms with E-state index in [4.69, 9.17) is 0 Å². The van der Waals surface area contributed by atoms with Crippen molar-refractivity contribution in [2.45, 2.75) is 26.7 Å². The molecule has 0 heterocycles. The van der Waals surface area contributed by atoms with Gasteiger partial charge in [0.05, 0.1) is 5.92 Å². The quantitative estimate of drug-likeness (QED) is 0.798. The second-order valence-corrected chi connectivity index (χ2v) is 6.05. The SMILES string of the molecule is CC1=C(O)C(=O)[C@H]2C(=O)[C@@H]1[C@H](C)[C@H]2c1ccc(C)cc1. The normalized spacial score (nSPS) is 33.0. The molecule has 3 heteroatoms. The highest BCUT2D eigenvalue weighted by Gasteiger charge is 2.56. The van der Waals surface area contributed by atoms with Crippen LogP contribution in [-0.4, -0.2) is 16.7 Å². The minimum atomic E-state index is -0.707. The number of Topliss-reactive ketones (excluding diaryl/α,β-unsaturated/α-hetero) is 2. The summed E-state index contributed by atoms with van der Waals surface area (Å²) in [7, 11) is 0. The molecule has 0 radical (unpaired) electrons. The number of aliphatic hydroxyl groups is 1. The second-order valence-electron chi connectivity index (χ2n) is 6.05. The molecule has 0 spiro atoms. The summed E-state index contributed by atoms with van der Waals surface area (Å²) in [6.07, 6.45) is 0. The Morgan fingerprint density at radius 2 is 1.60 bits per heavy atom. The molecule has 2 aliphatic carbocycles. The van der Waals surface area contributed by atoms with Crippen LogP contribution in [0.1, 0.15) is 30.9 Å². The summed E-state index contributed by atoms with van der Waals surface area (Å²) in [5, 5.41) is 9.95. The van der Waals surface area contributed by atoms with E-state index in [0.717, 1.165) is 11.1 Å². The molecule has 104 valence electrons. The van der Waals surface area contributed by atoms with Crippen LogP contribution in [0.4, 0.5) is 0 Å². The zero-order valence-corrected chi connectivity index (χ0v) is 11.9. The average Bonchev–Trinajstić information content (AvgIpc) is 2.64. The molecule has 3 rings (SSSR count). The number of hydrogen-bond acceptors (Lipinski definition) is 3. The first kappa shape index (κ1) is 13.1. The third-order valence-electron chi connectivity index (χ3n) is 4.88. The molecule has 0 saturated heterocycles. The molecular weight excluding hydrogens is 252 g/mol. The predicted octanol–water partition coefficient (Wildman–Crippen LogP) is 2.94. The van der Waals surface area contributed by atoms with Gasteiger partial charge in [0.2, 0.25) is 5.78 Å². The van der Waals surface area contributed by atoms with Crippen LogP contribution in [0.2, 0.25) is 0 Å². The van der Waals surface area contributed by atoms with Crippen LogP contribution in [0.15, 0.2) is 35.6 Å². The lowest BCUT2D eigenvalue weighted by atomic mass is 9.81. The molecule has 4 atom stereocenters. The van der Waals surface area contributed by atoms with Gasteiger partial charge < -0.3 is 5.11 Å². The maximum atomic E-state index is 12.4. The number of allylic oxidation sites excluding steroid dienone is 2.